The topological polar surface area (TPSA) is 33.2 Å². The van der Waals surface area contributed by atoms with E-state index in [9.17, 15) is 9.18 Å². The molecule has 1 aliphatic rings. The van der Waals surface area contributed by atoms with Gasteiger partial charge in [0.15, 0.2) is 5.82 Å². The Morgan fingerprint density at radius 1 is 1.62 bits per heavy atom. The molecule has 1 aromatic rings. The molecule has 1 amide bonds. The maximum absolute atomic E-state index is 13.3. The fraction of sp³-hybridized carbons (Fsp3) is 0.500. The Bertz CT molecular complexity index is 390. The van der Waals surface area contributed by atoms with E-state index in [1.807, 2.05) is 0 Å². The van der Waals surface area contributed by atoms with Crippen molar-refractivity contribution in [2.45, 2.75) is 19.3 Å². The first-order valence-electron chi connectivity index (χ1n) is 5.53. The lowest BCUT2D eigenvalue weighted by Crippen LogP contribution is -2.34. The number of halogens is 1. The third kappa shape index (κ3) is 2.21. The van der Waals surface area contributed by atoms with Crippen LogP contribution in [0.25, 0.3) is 0 Å². The fourth-order valence-corrected chi connectivity index (χ4v) is 1.90. The van der Waals surface area contributed by atoms with Crippen molar-refractivity contribution in [2.24, 2.45) is 5.92 Å². The molecule has 0 saturated heterocycles. The van der Waals surface area contributed by atoms with E-state index in [2.05, 4.69) is 4.98 Å². The molecule has 3 nitrogen and oxygen atoms in total. The largest absolute Gasteiger partial charge is 0.341 e. The molecule has 0 aromatic carbocycles. The van der Waals surface area contributed by atoms with Gasteiger partial charge < -0.3 is 4.90 Å². The van der Waals surface area contributed by atoms with Crippen molar-refractivity contribution >= 4 is 5.91 Å². The van der Waals surface area contributed by atoms with Crippen LogP contribution in [0.4, 0.5) is 4.39 Å². The highest BCUT2D eigenvalue weighted by atomic mass is 19.1. The summed E-state index contributed by atoms with van der Waals surface area (Å²) < 4.78 is 13.3. The zero-order valence-corrected chi connectivity index (χ0v) is 9.32. The van der Waals surface area contributed by atoms with E-state index in [0.29, 0.717) is 5.92 Å². The SMILES string of the molecule is CN(CC1CCC1)C(=O)c1ccncc1F. The molecule has 2 rings (SSSR count). The van der Waals surface area contributed by atoms with Crippen molar-refractivity contribution in [3.63, 3.8) is 0 Å². The van der Waals surface area contributed by atoms with Crippen LogP contribution in [0.3, 0.4) is 0 Å². The van der Waals surface area contributed by atoms with Gasteiger partial charge in [-0.25, -0.2) is 4.39 Å². The Hall–Kier alpha value is -1.45. The van der Waals surface area contributed by atoms with Crippen LogP contribution in [0.5, 0.6) is 0 Å². The molecule has 1 saturated carbocycles. The lowest BCUT2D eigenvalue weighted by Gasteiger charge is -2.30. The van der Waals surface area contributed by atoms with Crippen LogP contribution in [-0.2, 0) is 0 Å². The first kappa shape index (κ1) is 11.0. The molecule has 1 fully saturated rings. The van der Waals surface area contributed by atoms with Crippen molar-refractivity contribution in [1.29, 1.82) is 0 Å². The average Bonchev–Trinajstić information content (AvgIpc) is 2.23. The summed E-state index contributed by atoms with van der Waals surface area (Å²) in [5, 5.41) is 0. The normalized spacial score (nSPS) is 15.6. The van der Waals surface area contributed by atoms with E-state index >= 15 is 0 Å². The van der Waals surface area contributed by atoms with Gasteiger partial charge in [0.05, 0.1) is 11.8 Å². The number of carbonyl (C=O) groups is 1. The molecule has 4 heteroatoms. The monoisotopic (exact) mass is 222 g/mol. The Kier molecular flexibility index (Phi) is 3.17. The van der Waals surface area contributed by atoms with Crippen molar-refractivity contribution in [2.75, 3.05) is 13.6 Å². The molecule has 86 valence electrons. The minimum Gasteiger partial charge on any atom is -0.341 e. The lowest BCUT2D eigenvalue weighted by molar-refractivity contribution is 0.0740. The Balaban J connectivity index is 2.03. The van der Waals surface area contributed by atoms with Crippen molar-refractivity contribution in [1.82, 2.24) is 9.88 Å². The summed E-state index contributed by atoms with van der Waals surface area (Å²) in [5.41, 5.74) is 0.108. The summed E-state index contributed by atoms with van der Waals surface area (Å²) in [4.78, 5) is 17.1. The summed E-state index contributed by atoms with van der Waals surface area (Å²) in [6.45, 7) is 0.723. The first-order chi connectivity index (χ1) is 7.68. The van der Waals surface area contributed by atoms with Gasteiger partial charge in [-0.1, -0.05) is 6.42 Å². The smallest absolute Gasteiger partial charge is 0.256 e. The Morgan fingerprint density at radius 3 is 2.94 bits per heavy atom. The van der Waals surface area contributed by atoms with Gasteiger partial charge in [0, 0.05) is 19.8 Å². The van der Waals surface area contributed by atoms with Crippen LogP contribution in [0.2, 0.25) is 0 Å². The van der Waals surface area contributed by atoms with Gasteiger partial charge in [0.2, 0.25) is 0 Å². The molecule has 1 aliphatic carbocycles. The molecular weight excluding hydrogens is 207 g/mol. The maximum atomic E-state index is 13.3. The molecule has 0 bridgehead atoms. The molecule has 0 radical (unpaired) electrons. The second kappa shape index (κ2) is 4.60. The predicted octanol–water partition coefficient (Wildman–Crippen LogP) is 2.09. The van der Waals surface area contributed by atoms with E-state index in [-0.39, 0.29) is 11.5 Å². The molecule has 0 N–H and O–H groups in total. The lowest BCUT2D eigenvalue weighted by atomic mass is 9.85. The fourth-order valence-electron chi connectivity index (χ4n) is 1.90. The van der Waals surface area contributed by atoms with E-state index in [1.54, 1.807) is 11.9 Å². The van der Waals surface area contributed by atoms with E-state index in [1.165, 1.54) is 31.5 Å². The van der Waals surface area contributed by atoms with Crippen LogP contribution in [-0.4, -0.2) is 29.4 Å². The van der Waals surface area contributed by atoms with Gasteiger partial charge in [0.1, 0.15) is 0 Å². The van der Waals surface area contributed by atoms with Crippen LogP contribution < -0.4 is 0 Å². The van der Waals surface area contributed by atoms with Crippen LogP contribution >= 0.6 is 0 Å². The van der Waals surface area contributed by atoms with E-state index < -0.39 is 5.82 Å². The third-order valence-corrected chi connectivity index (χ3v) is 3.11. The van der Waals surface area contributed by atoms with Gasteiger partial charge in [0.25, 0.3) is 5.91 Å². The summed E-state index contributed by atoms with van der Waals surface area (Å²) in [6.07, 6.45) is 6.11. The summed E-state index contributed by atoms with van der Waals surface area (Å²) >= 11 is 0. The number of aromatic nitrogens is 1. The van der Waals surface area contributed by atoms with Gasteiger partial charge >= 0.3 is 0 Å². The quantitative estimate of drug-likeness (QED) is 0.784. The zero-order chi connectivity index (χ0) is 11.5. The highest BCUT2D eigenvalue weighted by molar-refractivity contribution is 5.94. The maximum Gasteiger partial charge on any atom is 0.256 e. The number of carbonyl (C=O) groups excluding carboxylic acids is 1. The van der Waals surface area contributed by atoms with Crippen molar-refractivity contribution < 1.29 is 9.18 Å². The van der Waals surface area contributed by atoms with E-state index in [0.717, 1.165) is 12.7 Å². The van der Waals surface area contributed by atoms with Crippen LogP contribution in [0.1, 0.15) is 29.6 Å². The molecule has 1 heterocycles. The van der Waals surface area contributed by atoms with Crippen molar-refractivity contribution in [3.05, 3.63) is 29.8 Å². The summed E-state index contributed by atoms with van der Waals surface area (Å²) in [6, 6.07) is 1.43. The van der Waals surface area contributed by atoms with Crippen molar-refractivity contribution in [3.8, 4) is 0 Å². The molecular formula is C12H15FN2O. The number of hydrogen-bond acceptors (Lipinski definition) is 2. The van der Waals surface area contributed by atoms with Gasteiger partial charge in [-0.3, -0.25) is 9.78 Å². The second-order valence-corrected chi connectivity index (χ2v) is 4.34. The van der Waals surface area contributed by atoms with Gasteiger partial charge in [-0.05, 0) is 24.8 Å². The summed E-state index contributed by atoms with van der Waals surface area (Å²) in [5.74, 6) is -0.210. The number of rotatable bonds is 3. The van der Waals surface area contributed by atoms with Crippen LogP contribution in [0.15, 0.2) is 18.5 Å². The minimum atomic E-state index is -0.548. The standard InChI is InChI=1S/C12H15FN2O/c1-15(8-9-3-2-4-9)12(16)10-5-6-14-7-11(10)13/h5-7,9H,2-4,8H2,1H3. The third-order valence-electron chi connectivity index (χ3n) is 3.11. The number of nitrogens with zero attached hydrogens (tertiary/aromatic N) is 2. The Labute approximate surface area is 94.3 Å². The molecule has 0 unspecified atom stereocenters. The molecule has 1 aromatic heterocycles. The minimum absolute atomic E-state index is 0.108. The zero-order valence-electron chi connectivity index (χ0n) is 9.32. The molecule has 0 aliphatic heterocycles. The number of hydrogen-bond donors (Lipinski definition) is 0. The number of pyridine rings is 1. The molecule has 0 spiro atoms. The second-order valence-electron chi connectivity index (χ2n) is 4.34. The molecule has 0 atom stereocenters. The van der Waals surface area contributed by atoms with E-state index in [4.69, 9.17) is 0 Å². The highest BCUT2D eigenvalue weighted by Gasteiger charge is 2.23. The van der Waals surface area contributed by atoms with Gasteiger partial charge in [-0.15, -0.1) is 0 Å². The Morgan fingerprint density at radius 2 is 2.38 bits per heavy atom. The van der Waals surface area contributed by atoms with Crippen LogP contribution in [0, 0.1) is 11.7 Å². The average molecular weight is 222 g/mol. The number of amides is 1. The highest BCUT2D eigenvalue weighted by Crippen LogP contribution is 2.27. The van der Waals surface area contributed by atoms with Gasteiger partial charge in [-0.2, -0.15) is 0 Å². The first-order valence-corrected chi connectivity index (χ1v) is 5.53. The molecule has 16 heavy (non-hydrogen) atoms. The predicted molar refractivity (Wildman–Crippen MR) is 58.5 cm³/mol. The summed E-state index contributed by atoms with van der Waals surface area (Å²) in [7, 11) is 1.72.